The van der Waals surface area contributed by atoms with Gasteiger partial charge in [0.05, 0.1) is 11.4 Å². The first kappa shape index (κ1) is 16.8. The van der Waals surface area contributed by atoms with Crippen LogP contribution in [0.4, 0.5) is 5.69 Å². The standard InChI is InChI=1S/C16H20N2O5S/c1-11-10-12(18-8-3-9-24(18,22)23)4-5-13(11)14(19)17-16(15(20)21)6-2-7-16/h4-5,10H,2-3,6-9H2,1H3,(H,17,19)(H,20,21). The topological polar surface area (TPSA) is 104 Å². The first-order chi connectivity index (χ1) is 11.3. The van der Waals surface area contributed by atoms with E-state index in [0.29, 0.717) is 42.6 Å². The SMILES string of the molecule is Cc1cc(N2CCCS2(=O)=O)ccc1C(=O)NC1(C(=O)O)CCC1. The van der Waals surface area contributed by atoms with E-state index >= 15 is 0 Å². The molecule has 24 heavy (non-hydrogen) atoms. The number of amides is 1. The van der Waals surface area contributed by atoms with Crippen molar-refractivity contribution in [2.45, 2.75) is 38.1 Å². The fourth-order valence-electron chi connectivity index (χ4n) is 3.19. The zero-order valence-corrected chi connectivity index (χ0v) is 14.2. The van der Waals surface area contributed by atoms with E-state index in [0.717, 1.165) is 6.42 Å². The highest BCUT2D eigenvalue weighted by molar-refractivity contribution is 7.93. The predicted octanol–water partition coefficient (Wildman–Crippen LogP) is 1.27. The molecule has 1 aromatic rings. The van der Waals surface area contributed by atoms with E-state index in [1.54, 1.807) is 25.1 Å². The van der Waals surface area contributed by atoms with E-state index in [1.807, 2.05) is 0 Å². The second-order valence-corrected chi connectivity index (χ2v) is 8.45. The van der Waals surface area contributed by atoms with Gasteiger partial charge >= 0.3 is 5.97 Å². The fraction of sp³-hybridized carbons (Fsp3) is 0.500. The van der Waals surface area contributed by atoms with E-state index in [9.17, 15) is 23.1 Å². The highest BCUT2D eigenvalue weighted by atomic mass is 32.2. The number of carbonyl (C=O) groups excluding carboxylic acids is 1. The van der Waals surface area contributed by atoms with Crippen molar-refractivity contribution in [2.75, 3.05) is 16.6 Å². The maximum absolute atomic E-state index is 12.4. The minimum atomic E-state index is -3.27. The van der Waals surface area contributed by atoms with Crippen LogP contribution in [0.1, 0.15) is 41.6 Å². The number of aryl methyl sites for hydroxylation is 1. The molecule has 1 heterocycles. The van der Waals surface area contributed by atoms with Crippen LogP contribution in [-0.2, 0) is 14.8 Å². The number of carboxylic acids is 1. The second kappa shape index (κ2) is 5.77. The Labute approximate surface area is 140 Å². The molecule has 0 radical (unpaired) electrons. The van der Waals surface area contributed by atoms with Crippen LogP contribution in [0, 0.1) is 6.92 Å². The number of rotatable bonds is 4. The van der Waals surface area contributed by atoms with Gasteiger partial charge in [0.1, 0.15) is 5.54 Å². The van der Waals surface area contributed by atoms with Crippen molar-refractivity contribution in [2.24, 2.45) is 0 Å². The third-order valence-electron chi connectivity index (χ3n) is 4.81. The minimum Gasteiger partial charge on any atom is -0.480 e. The Bertz CT molecular complexity index is 799. The van der Waals surface area contributed by atoms with Gasteiger partial charge in [0, 0.05) is 12.1 Å². The molecule has 130 valence electrons. The summed E-state index contributed by atoms with van der Waals surface area (Å²) < 4.78 is 25.3. The lowest BCUT2D eigenvalue weighted by Crippen LogP contribution is -2.59. The average molecular weight is 352 g/mol. The lowest BCUT2D eigenvalue weighted by molar-refractivity contribution is -0.148. The van der Waals surface area contributed by atoms with Gasteiger partial charge in [-0.05, 0) is 56.4 Å². The van der Waals surface area contributed by atoms with Crippen LogP contribution in [0.2, 0.25) is 0 Å². The molecule has 2 fully saturated rings. The molecule has 3 rings (SSSR count). The summed E-state index contributed by atoms with van der Waals surface area (Å²) in [6, 6.07) is 4.81. The summed E-state index contributed by atoms with van der Waals surface area (Å²) in [5.74, 6) is -1.32. The number of carboxylic acid groups (broad SMARTS) is 1. The van der Waals surface area contributed by atoms with E-state index in [2.05, 4.69) is 5.32 Å². The average Bonchev–Trinajstić information content (AvgIpc) is 2.81. The number of carbonyl (C=O) groups is 2. The third-order valence-corrected chi connectivity index (χ3v) is 6.68. The monoisotopic (exact) mass is 352 g/mol. The maximum atomic E-state index is 12.4. The van der Waals surface area contributed by atoms with Crippen LogP contribution < -0.4 is 9.62 Å². The highest BCUT2D eigenvalue weighted by Gasteiger charge is 2.45. The molecular weight excluding hydrogens is 332 g/mol. The third kappa shape index (κ3) is 2.75. The van der Waals surface area contributed by atoms with E-state index in [4.69, 9.17) is 0 Å². The lowest BCUT2D eigenvalue weighted by Gasteiger charge is -2.38. The van der Waals surface area contributed by atoms with Gasteiger partial charge in [0.15, 0.2) is 0 Å². The summed E-state index contributed by atoms with van der Waals surface area (Å²) >= 11 is 0. The van der Waals surface area contributed by atoms with Gasteiger partial charge in [-0.2, -0.15) is 0 Å². The van der Waals surface area contributed by atoms with Crippen molar-refractivity contribution in [3.05, 3.63) is 29.3 Å². The number of aliphatic carboxylic acids is 1. The summed E-state index contributed by atoms with van der Waals surface area (Å²) in [4.78, 5) is 23.8. The van der Waals surface area contributed by atoms with Crippen LogP contribution >= 0.6 is 0 Å². The summed E-state index contributed by atoms with van der Waals surface area (Å²) in [7, 11) is -3.27. The number of hydrogen-bond acceptors (Lipinski definition) is 4. The Morgan fingerprint density at radius 1 is 1.25 bits per heavy atom. The van der Waals surface area contributed by atoms with Crippen molar-refractivity contribution in [3.63, 3.8) is 0 Å². The molecule has 8 heteroatoms. The quantitative estimate of drug-likeness (QED) is 0.849. The number of nitrogens with zero attached hydrogens (tertiary/aromatic N) is 1. The van der Waals surface area contributed by atoms with Crippen molar-refractivity contribution >= 4 is 27.6 Å². The Balaban J connectivity index is 1.83. The van der Waals surface area contributed by atoms with Crippen LogP contribution in [0.5, 0.6) is 0 Å². The second-order valence-electron chi connectivity index (χ2n) is 6.44. The lowest BCUT2D eigenvalue weighted by atomic mass is 9.76. The molecule has 0 bridgehead atoms. The molecule has 0 unspecified atom stereocenters. The Kier molecular flexibility index (Phi) is 4.03. The van der Waals surface area contributed by atoms with Gasteiger partial charge in [0.2, 0.25) is 10.0 Å². The molecule has 7 nitrogen and oxygen atoms in total. The van der Waals surface area contributed by atoms with Crippen molar-refractivity contribution in [3.8, 4) is 0 Å². The van der Waals surface area contributed by atoms with Gasteiger partial charge in [-0.15, -0.1) is 0 Å². The van der Waals surface area contributed by atoms with Gasteiger partial charge in [-0.1, -0.05) is 0 Å². The van der Waals surface area contributed by atoms with Gasteiger partial charge in [0.25, 0.3) is 5.91 Å². The summed E-state index contributed by atoms with van der Waals surface area (Å²) in [6.07, 6.45) is 2.22. The molecular formula is C16H20N2O5S. The molecule has 1 saturated carbocycles. The first-order valence-corrected chi connectivity index (χ1v) is 9.53. The number of sulfonamides is 1. The smallest absolute Gasteiger partial charge is 0.329 e. The van der Waals surface area contributed by atoms with E-state index < -0.39 is 27.4 Å². The Hall–Kier alpha value is -2.09. The first-order valence-electron chi connectivity index (χ1n) is 7.92. The van der Waals surface area contributed by atoms with E-state index in [1.165, 1.54) is 4.31 Å². The van der Waals surface area contributed by atoms with Crippen LogP contribution in [0.15, 0.2) is 18.2 Å². The molecule has 0 atom stereocenters. The molecule has 0 spiro atoms. The maximum Gasteiger partial charge on any atom is 0.329 e. The molecule has 1 aliphatic carbocycles. The van der Waals surface area contributed by atoms with Gasteiger partial charge in [-0.3, -0.25) is 9.10 Å². The summed E-state index contributed by atoms with van der Waals surface area (Å²) in [5, 5.41) is 11.9. The summed E-state index contributed by atoms with van der Waals surface area (Å²) in [5.41, 5.74) is 0.355. The molecule has 2 aliphatic rings. The highest BCUT2D eigenvalue weighted by Crippen LogP contribution is 2.33. The van der Waals surface area contributed by atoms with Crippen molar-refractivity contribution < 1.29 is 23.1 Å². The Morgan fingerprint density at radius 2 is 1.96 bits per heavy atom. The zero-order chi connectivity index (χ0) is 17.5. The molecule has 1 aromatic carbocycles. The number of benzene rings is 1. The van der Waals surface area contributed by atoms with Crippen LogP contribution in [0.25, 0.3) is 0 Å². The summed E-state index contributed by atoms with van der Waals surface area (Å²) in [6.45, 7) is 2.16. The number of hydrogen-bond donors (Lipinski definition) is 2. The van der Waals surface area contributed by atoms with Crippen LogP contribution in [-0.4, -0.2) is 43.2 Å². The zero-order valence-electron chi connectivity index (χ0n) is 13.4. The largest absolute Gasteiger partial charge is 0.480 e. The van der Waals surface area contributed by atoms with E-state index in [-0.39, 0.29) is 5.75 Å². The predicted molar refractivity (Wildman–Crippen MR) is 88.6 cm³/mol. The number of anilines is 1. The minimum absolute atomic E-state index is 0.134. The van der Waals surface area contributed by atoms with Gasteiger partial charge < -0.3 is 10.4 Å². The fourth-order valence-corrected chi connectivity index (χ4v) is 4.75. The molecule has 2 N–H and O–H groups in total. The molecule has 1 aliphatic heterocycles. The van der Waals surface area contributed by atoms with Crippen molar-refractivity contribution in [1.82, 2.24) is 5.32 Å². The normalized spacial score (nSPS) is 21.1. The molecule has 1 amide bonds. The Morgan fingerprint density at radius 3 is 2.42 bits per heavy atom. The van der Waals surface area contributed by atoms with Gasteiger partial charge in [-0.25, -0.2) is 13.2 Å². The molecule has 0 aromatic heterocycles. The number of nitrogens with one attached hydrogen (secondary N) is 1. The molecule has 1 saturated heterocycles. The van der Waals surface area contributed by atoms with Crippen LogP contribution in [0.3, 0.4) is 0 Å². The van der Waals surface area contributed by atoms with Crippen molar-refractivity contribution in [1.29, 1.82) is 0 Å².